The van der Waals surface area contributed by atoms with E-state index in [1.165, 1.54) is 37.7 Å². The van der Waals surface area contributed by atoms with Gasteiger partial charge in [-0.3, -0.25) is 9.59 Å². The Balaban J connectivity index is 1.58. The van der Waals surface area contributed by atoms with E-state index in [0.717, 1.165) is 37.0 Å². The summed E-state index contributed by atoms with van der Waals surface area (Å²) in [6, 6.07) is 0. The predicted octanol–water partition coefficient (Wildman–Crippen LogP) is 5.92. The largest absolute Gasteiger partial charge is 0.295 e. The van der Waals surface area contributed by atoms with Gasteiger partial charge in [-0.2, -0.15) is 0 Å². The molecule has 27 heavy (non-hydrogen) atoms. The van der Waals surface area contributed by atoms with Gasteiger partial charge in [0.1, 0.15) is 0 Å². The summed E-state index contributed by atoms with van der Waals surface area (Å²) in [4.78, 5) is 23.4. The lowest BCUT2D eigenvalue weighted by Gasteiger charge is -2.58. The third kappa shape index (κ3) is 2.98. The second-order valence-electron chi connectivity index (χ2n) is 10.5. The zero-order valence-corrected chi connectivity index (χ0v) is 17.6. The maximum absolute atomic E-state index is 12.0. The van der Waals surface area contributed by atoms with Crippen molar-refractivity contribution in [2.75, 3.05) is 0 Å². The molecule has 0 aromatic carbocycles. The summed E-state index contributed by atoms with van der Waals surface area (Å²) in [6.45, 7) is 8.99. The summed E-state index contributed by atoms with van der Waals surface area (Å²) < 4.78 is 0. The van der Waals surface area contributed by atoms with Gasteiger partial charge >= 0.3 is 0 Å². The maximum atomic E-state index is 12.0. The average molecular weight is 369 g/mol. The summed E-state index contributed by atoms with van der Waals surface area (Å²) in [7, 11) is 0. The van der Waals surface area contributed by atoms with Gasteiger partial charge in [0, 0.05) is 6.42 Å². The lowest BCUT2D eigenvalue weighted by Crippen LogP contribution is -2.50. The van der Waals surface area contributed by atoms with Gasteiger partial charge in [0.25, 0.3) is 0 Å². The molecule has 0 unspecified atom stereocenters. The van der Waals surface area contributed by atoms with Crippen LogP contribution in [0.2, 0.25) is 0 Å². The van der Waals surface area contributed by atoms with Crippen LogP contribution in [-0.4, -0.2) is 11.6 Å². The van der Waals surface area contributed by atoms with Gasteiger partial charge in [-0.05, 0) is 104 Å². The van der Waals surface area contributed by atoms with E-state index in [4.69, 9.17) is 0 Å². The van der Waals surface area contributed by atoms with E-state index in [0.29, 0.717) is 23.0 Å². The normalized spacial score (nSPS) is 45.0. The molecule has 2 heteroatoms. The van der Waals surface area contributed by atoms with Crippen LogP contribution in [0.3, 0.4) is 0 Å². The second-order valence-corrected chi connectivity index (χ2v) is 10.5. The molecule has 4 aliphatic rings. The van der Waals surface area contributed by atoms with E-state index in [9.17, 15) is 9.59 Å². The summed E-state index contributed by atoms with van der Waals surface area (Å²) in [6.07, 6.45) is 15.5. The molecule has 7 atom stereocenters. The van der Waals surface area contributed by atoms with Crippen molar-refractivity contribution in [1.82, 2.24) is 0 Å². The van der Waals surface area contributed by atoms with Crippen LogP contribution in [0.1, 0.15) is 79.1 Å². The highest BCUT2D eigenvalue weighted by Gasteiger charge is 2.59. The molecule has 0 N–H and O–H groups in total. The Morgan fingerprint density at radius 2 is 1.89 bits per heavy atom. The summed E-state index contributed by atoms with van der Waals surface area (Å²) in [5, 5.41) is 0. The van der Waals surface area contributed by atoms with Gasteiger partial charge in [-0.15, -0.1) is 0 Å². The lowest BCUT2D eigenvalue weighted by molar-refractivity contribution is -0.117. The molecule has 4 aliphatic carbocycles. The average Bonchev–Trinajstić information content (AvgIpc) is 2.97. The van der Waals surface area contributed by atoms with E-state index in [-0.39, 0.29) is 11.2 Å². The van der Waals surface area contributed by atoms with Crippen molar-refractivity contribution >= 4 is 11.6 Å². The number of carbonyl (C=O) groups is 2. The molecule has 4 rings (SSSR count). The van der Waals surface area contributed by atoms with Crippen molar-refractivity contribution in [1.29, 1.82) is 0 Å². The topological polar surface area (TPSA) is 34.1 Å². The Morgan fingerprint density at radius 3 is 2.63 bits per heavy atom. The minimum Gasteiger partial charge on any atom is -0.295 e. The number of fused-ring (bicyclic) bond motifs is 5. The van der Waals surface area contributed by atoms with E-state index in [2.05, 4.69) is 26.8 Å². The molecule has 3 saturated carbocycles. The first-order valence-electron chi connectivity index (χ1n) is 11.2. The number of carbonyl (C=O) groups excluding carboxylic acids is 2. The molecule has 0 heterocycles. The van der Waals surface area contributed by atoms with Gasteiger partial charge < -0.3 is 0 Å². The molecule has 0 aliphatic heterocycles. The first-order chi connectivity index (χ1) is 12.8. The Hall–Kier alpha value is -1.18. The standard InChI is InChI=1S/C25H36O2/c1-16(5-6-17(2)26)21-9-10-22-20-8-7-18-15-19(27)11-13-24(18,3)23(20)12-14-25(21,22)4/h5-6,15-16,20-23H,7-14H2,1-4H3/b6-5+/t16-,20+,21-,22-,23+,24+,25-/m1/s1. The number of ketones is 2. The number of hydrogen-bond acceptors (Lipinski definition) is 2. The van der Waals surface area contributed by atoms with Crippen molar-refractivity contribution in [2.24, 2.45) is 40.4 Å². The number of allylic oxidation sites excluding steroid dienone is 3. The monoisotopic (exact) mass is 368 g/mol. The van der Waals surface area contributed by atoms with Crippen LogP contribution in [0.5, 0.6) is 0 Å². The van der Waals surface area contributed by atoms with Crippen LogP contribution in [-0.2, 0) is 9.59 Å². The first-order valence-corrected chi connectivity index (χ1v) is 11.2. The van der Waals surface area contributed by atoms with Gasteiger partial charge in [0.2, 0.25) is 0 Å². The molecule has 2 nitrogen and oxygen atoms in total. The van der Waals surface area contributed by atoms with Crippen LogP contribution in [0.15, 0.2) is 23.8 Å². The van der Waals surface area contributed by atoms with Crippen LogP contribution in [0.25, 0.3) is 0 Å². The molecule has 148 valence electrons. The van der Waals surface area contributed by atoms with Crippen LogP contribution >= 0.6 is 0 Å². The molecular formula is C25H36O2. The first kappa shape index (κ1) is 19.2. The fourth-order valence-electron chi connectivity index (χ4n) is 7.88. The van der Waals surface area contributed by atoms with Crippen molar-refractivity contribution in [3.05, 3.63) is 23.8 Å². The van der Waals surface area contributed by atoms with Gasteiger partial charge in [0.05, 0.1) is 0 Å². The second kappa shape index (κ2) is 6.71. The van der Waals surface area contributed by atoms with Crippen molar-refractivity contribution in [3.8, 4) is 0 Å². The zero-order chi connectivity index (χ0) is 19.4. The van der Waals surface area contributed by atoms with Gasteiger partial charge in [-0.25, -0.2) is 0 Å². The molecule has 0 bridgehead atoms. The maximum Gasteiger partial charge on any atom is 0.155 e. The SMILES string of the molecule is CC(=O)/C=C/[C@@H](C)[C@H]1CC[C@@H]2[C@@H]3CCC4=CC(=O)CC[C@]4(C)[C@H]3CC[C@@]21C. The fourth-order valence-corrected chi connectivity index (χ4v) is 7.88. The molecule has 0 aromatic heterocycles. The molecule has 0 radical (unpaired) electrons. The van der Waals surface area contributed by atoms with Crippen LogP contribution in [0, 0.1) is 40.4 Å². The minimum absolute atomic E-state index is 0.164. The molecule has 0 aromatic rings. The minimum atomic E-state index is 0.164. The highest BCUT2D eigenvalue weighted by atomic mass is 16.1. The smallest absolute Gasteiger partial charge is 0.155 e. The van der Waals surface area contributed by atoms with Crippen LogP contribution in [0.4, 0.5) is 0 Å². The predicted molar refractivity (Wildman–Crippen MR) is 109 cm³/mol. The number of hydrogen-bond donors (Lipinski definition) is 0. The zero-order valence-electron chi connectivity index (χ0n) is 17.6. The molecular weight excluding hydrogens is 332 g/mol. The molecule has 3 fully saturated rings. The van der Waals surface area contributed by atoms with Crippen molar-refractivity contribution in [3.63, 3.8) is 0 Å². The Kier molecular flexibility index (Phi) is 4.76. The Bertz CT molecular complexity index is 701. The fraction of sp³-hybridized carbons (Fsp3) is 0.760. The third-order valence-electron chi connectivity index (χ3n) is 9.30. The highest BCUT2D eigenvalue weighted by molar-refractivity contribution is 5.91. The van der Waals surface area contributed by atoms with Crippen LogP contribution < -0.4 is 0 Å². The summed E-state index contributed by atoms with van der Waals surface area (Å²) in [5.41, 5.74) is 2.16. The summed E-state index contributed by atoms with van der Waals surface area (Å²) >= 11 is 0. The Labute approximate surface area is 164 Å². The van der Waals surface area contributed by atoms with E-state index in [1.54, 1.807) is 13.0 Å². The van der Waals surface area contributed by atoms with Gasteiger partial charge in [-0.1, -0.05) is 32.4 Å². The van der Waals surface area contributed by atoms with E-state index < -0.39 is 0 Å². The highest BCUT2D eigenvalue weighted by Crippen LogP contribution is 2.67. The summed E-state index contributed by atoms with van der Waals surface area (Å²) in [5.74, 6) is 4.13. The Morgan fingerprint density at radius 1 is 1.11 bits per heavy atom. The quantitative estimate of drug-likeness (QED) is 0.580. The molecule has 0 saturated heterocycles. The van der Waals surface area contributed by atoms with E-state index >= 15 is 0 Å². The molecule has 0 spiro atoms. The molecule has 0 amide bonds. The van der Waals surface area contributed by atoms with Gasteiger partial charge in [0.15, 0.2) is 11.6 Å². The third-order valence-corrected chi connectivity index (χ3v) is 9.30. The lowest BCUT2D eigenvalue weighted by atomic mass is 9.46. The van der Waals surface area contributed by atoms with Crippen molar-refractivity contribution < 1.29 is 9.59 Å². The van der Waals surface area contributed by atoms with E-state index in [1.807, 2.05) is 6.08 Å². The number of rotatable bonds is 3. The van der Waals surface area contributed by atoms with Crippen molar-refractivity contribution in [2.45, 2.75) is 79.1 Å².